The molecule has 1 rings (SSSR count). The van der Waals surface area contributed by atoms with Gasteiger partial charge in [-0.05, 0) is 20.3 Å². The van der Waals surface area contributed by atoms with Crippen molar-refractivity contribution in [3.63, 3.8) is 0 Å². The van der Waals surface area contributed by atoms with Gasteiger partial charge in [0.1, 0.15) is 10.8 Å². The predicted molar refractivity (Wildman–Crippen MR) is 67.1 cm³/mol. The zero-order valence-electron chi connectivity index (χ0n) is 9.86. The van der Waals surface area contributed by atoms with Gasteiger partial charge in [-0.3, -0.25) is 0 Å². The lowest BCUT2D eigenvalue weighted by atomic mass is 10.1. The Hall–Kier alpha value is -0.460. The zero-order valence-corrected chi connectivity index (χ0v) is 11.5. The van der Waals surface area contributed by atoms with E-state index in [0.29, 0.717) is 11.4 Å². The average Bonchev–Trinajstić information content (AvgIpc) is 2.50. The molecule has 0 aliphatic rings. The van der Waals surface area contributed by atoms with Crippen molar-refractivity contribution in [3.8, 4) is 0 Å². The van der Waals surface area contributed by atoms with Crippen LogP contribution in [0.5, 0.6) is 0 Å². The number of rotatable bonds is 5. The van der Waals surface area contributed by atoms with Crippen molar-refractivity contribution in [2.75, 3.05) is 5.75 Å². The van der Waals surface area contributed by atoms with Gasteiger partial charge in [0.15, 0.2) is 9.84 Å². The number of aromatic nitrogens is 1. The molecule has 0 saturated carbocycles. The van der Waals surface area contributed by atoms with Crippen LogP contribution in [0.3, 0.4) is 0 Å². The summed E-state index contributed by atoms with van der Waals surface area (Å²) in [6.07, 6.45) is 2.31. The molecule has 0 unspecified atom stereocenters. The molecule has 1 aromatic heterocycles. The minimum absolute atomic E-state index is 0.0294. The molecule has 16 heavy (non-hydrogen) atoms. The van der Waals surface area contributed by atoms with E-state index < -0.39 is 15.4 Å². The summed E-state index contributed by atoms with van der Waals surface area (Å²) in [5, 5.41) is 0.627. The van der Waals surface area contributed by atoms with Crippen molar-refractivity contribution in [2.45, 2.75) is 38.5 Å². The van der Waals surface area contributed by atoms with Crippen LogP contribution in [0.4, 0.5) is 0 Å². The summed E-state index contributed by atoms with van der Waals surface area (Å²) in [5.74, 6) is 0.246. The SMILES string of the molecule is CCCS(=O)(=O)Cc1ncc(C(C)(C)N)s1. The molecule has 4 nitrogen and oxygen atoms in total. The second kappa shape index (κ2) is 4.81. The molecular weight excluding hydrogens is 244 g/mol. The van der Waals surface area contributed by atoms with Crippen molar-refractivity contribution in [1.82, 2.24) is 4.98 Å². The van der Waals surface area contributed by atoms with Gasteiger partial charge in [-0.1, -0.05) is 6.92 Å². The Kier molecular flexibility index (Phi) is 4.09. The first-order valence-electron chi connectivity index (χ1n) is 5.19. The molecule has 2 N–H and O–H groups in total. The number of nitrogens with zero attached hydrogens (tertiary/aromatic N) is 1. The molecule has 6 heteroatoms. The molecule has 1 aromatic rings. The monoisotopic (exact) mass is 262 g/mol. The largest absolute Gasteiger partial charge is 0.321 e. The van der Waals surface area contributed by atoms with Crippen LogP contribution < -0.4 is 5.73 Å². The first kappa shape index (κ1) is 13.6. The van der Waals surface area contributed by atoms with Gasteiger partial charge in [0.05, 0.1) is 5.75 Å². The van der Waals surface area contributed by atoms with Crippen molar-refractivity contribution < 1.29 is 8.42 Å². The van der Waals surface area contributed by atoms with Crippen LogP contribution in [-0.2, 0) is 21.1 Å². The molecule has 0 amide bonds. The molecule has 1 heterocycles. The highest BCUT2D eigenvalue weighted by molar-refractivity contribution is 7.90. The van der Waals surface area contributed by atoms with Gasteiger partial charge < -0.3 is 5.73 Å². The second-order valence-corrected chi connectivity index (χ2v) is 7.73. The molecule has 0 spiro atoms. The molecule has 92 valence electrons. The summed E-state index contributed by atoms with van der Waals surface area (Å²) in [7, 11) is -3.01. The van der Waals surface area contributed by atoms with Gasteiger partial charge in [0.25, 0.3) is 0 Å². The Bertz CT molecular complexity index is 444. The molecule has 0 aliphatic heterocycles. The minimum atomic E-state index is -3.01. The van der Waals surface area contributed by atoms with E-state index in [2.05, 4.69) is 4.98 Å². The predicted octanol–water partition coefficient (Wildman–Crippen LogP) is 1.66. The van der Waals surface area contributed by atoms with Crippen LogP contribution in [0.2, 0.25) is 0 Å². The third-order valence-electron chi connectivity index (χ3n) is 2.05. The fourth-order valence-electron chi connectivity index (χ4n) is 1.25. The molecule has 0 atom stereocenters. The third kappa shape index (κ3) is 3.84. The number of thiazole rings is 1. The maximum Gasteiger partial charge on any atom is 0.156 e. The summed E-state index contributed by atoms with van der Waals surface area (Å²) in [6.45, 7) is 5.61. The molecule has 0 aromatic carbocycles. The number of hydrogen-bond donors (Lipinski definition) is 1. The second-order valence-electron chi connectivity index (χ2n) is 4.43. The van der Waals surface area contributed by atoms with Crippen LogP contribution in [0.15, 0.2) is 6.20 Å². The molecule has 0 saturated heterocycles. The molecule has 0 bridgehead atoms. The third-order valence-corrected chi connectivity index (χ3v) is 5.31. The van der Waals surface area contributed by atoms with Gasteiger partial charge in [0, 0.05) is 16.6 Å². The lowest BCUT2D eigenvalue weighted by molar-refractivity contribution is 0.566. The molecule has 0 fully saturated rings. The van der Waals surface area contributed by atoms with Crippen molar-refractivity contribution in [3.05, 3.63) is 16.1 Å². The average molecular weight is 262 g/mol. The van der Waals surface area contributed by atoms with E-state index in [9.17, 15) is 8.42 Å². The van der Waals surface area contributed by atoms with E-state index in [4.69, 9.17) is 5.73 Å². The highest BCUT2D eigenvalue weighted by atomic mass is 32.2. The maximum atomic E-state index is 11.6. The Morgan fingerprint density at radius 2 is 2.12 bits per heavy atom. The first-order valence-corrected chi connectivity index (χ1v) is 7.83. The van der Waals surface area contributed by atoms with E-state index >= 15 is 0 Å². The summed E-state index contributed by atoms with van der Waals surface area (Å²) in [4.78, 5) is 5.02. The minimum Gasteiger partial charge on any atom is -0.321 e. The van der Waals surface area contributed by atoms with E-state index in [1.807, 2.05) is 20.8 Å². The quantitative estimate of drug-likeness (QED) is 0.876. The van der Waals surface area contributed by atoms with Gasteiger partial charge in [-0.15, -0.1) is 11.3 Å². The van der Waals surface area contributed by atoms with Gasteiger partial charge in [0.2, 0.25) is 0 Å². The highest BCUT2D eigenvalue weighted by Gasteiger charge is 2.20. The van der Waals surface area contributed by atoms with Gasteiger partial charge in [-0.2, -0.15) is 0 Å². The lowest BCUT2D eigenvalue weighted by Gasteiger charge is -2.14. The fourth-order valence-corrected chi connectivity index (χ4v) is 3.97. The maximum absolute atomic E-state index is 11.6. The van der Waals surface area contributed by atoms with Crippen LogP contribution in [0, 0.1) is 0 Å². The summed E-state index contributed by atoms with van der Waals surface area (Å²) in [6, 6.07) is 0. The van der Waals surface area contributed by atoms with Crippen LogP contribution in [-0.4, -0.2) is 19.2 Å². The number of sulfone groups is 1. The normalized spacial score (nSPS) is 13.0. The molecular formula is C10H18N2O2S2. The fraction of sp³-hybridized carbons (Fsp3) is 0.700. The zero-order chi connectivity index (χ0) is 12.4. The van der Waals surface area contributed by atoms with Crippen molar-refractivity contribution >= 4 is 21.2 Å². The van der Waals surface area contributed by atoms with E-state index in [1.165, 1.54) is 11.3 Å². The smallest absolute Gasteiger partial charge is 0.156 e. The van der Waals surface area contributed by atoms with Gasteiger partial charge in [-0.25, -0.2) is 13.4 Å². The van der Waals surface area contributed by atoms with Crippen molar-refractivity contribution in [1.29, 1.82) is 0 Å². The standard InChI is InChI=1S/C10H18N2O2S2/c1-4-5-16(13,14)7-9-12-6-8(15-9)10(2,3)11/h6H,4-5,7,11H2,1-3H3. The topological polar surface area (TPSA) is 73.0 Å². The first-order chi connectivity index (χ1) is 7.24. The Balaban J connectivity index is 2.81. The van der Waals surface area contributed by atoms with E-state index in [0.717, 1.165) is 4.88 Å². The van der Waals surface area contributed by atoms with Crippen LogP contribution in [0.25, 0.3) is 0 Å². The molecule has 0 radical (unpaired) electrons. The Morgan fingerprint density at radius 1 is 1.50 bits per heavy atom. The number of nitrogens with two attached hydrogens (primary N) is 1. The van der Waals surface area contributed by atoms with E-state index in [-0.39, 0.29) is 11.5 Å². The number of hydrogen-bond acceptors (Lipinski definition) is 5. The van der Waals surface area contributed by atoms with Crippen LogP contribution in [0.1, 0.15) is 37.1 Å². The summed E-state index contributed by atoms with van der Waals surface area (Å²) < 4.78 is 23.2. The summed E-state index contributed by atoms with van der Waals surface area (Å²) >= 11 is 1.38. The highest BCUT2D eigenvalue weighted by Crippen LogP contribution is 2.24. The van der Waals surface area contributed by atoms with Crippen LogP contribution >= 0.6 is 11.3 Å². The summed E-state index contributed by atoms with van der Waals surface area (Å²) in [5.41, 5.74) is 5.46. The Morgan fingerprint density at radius 3 is 2.56 bits per heavy atom. The van der Waals surface area contributed by atoms with Crippen molar-refractivity contribution in [2.24, 2.45) is 5.73 Å². The van der Waals surface area contributed by atoms with E-state index in [1.54, 1.807) is 6.20 Å². The van der Waals surface area contributed by atoms with Gasteiger partial charge >= 0.3 is 0 Å². The Labute approximate surface area is 101 Å². The lowest BCUT2D eigenvalue weighted by Crippen LogP contribution is -2.27. The molecule has 0 aliphatic carbocycles.